The fourth-order valence-electron chi connectivity index (χ4n) is 2.37. The summed E-state index contributed by atoms with van der Waals surface area (Å²) >= 11 is 0. The zero-order valence-electron chi connectivity index (χ0n) is 12.7. The van der Waals surface area contributed by atoms with Gasteiger partial charge in [-0.05, 0) is 62.3 Å². The molecule has 0 amide bonds. The van der Waals surface area contributed by atoms with Gasteiger partial charge in [-0.15, -0.1) is 0 Å². The Balaban J connectivity index is 2.77. The van der Waals surface area contributed by atoms with Gasteiger partial charge in [0.1, 0.15) is 11.5 Å². The smallest absolute Gasteiger partial charge is 0.129 e. The molecule has 0 N–H and O–H groups in total. The number of ketones is 1. The molecule has 0 aliphatic rings. The summed E-state index contributed by atoms with van der Waals surface area (Å²) in [5.41, 5.74) is 2.62. The van der Waals surface area contributed by atoms with Gasteiger partial charge in [0.25, 0.3) is 0 Å². The lowest BCUT2D eigenvalue weighted by Gasteiger charge is -2.18. The van der Waals surface area contributed by atoms with E-state index in [-0.39, 0.29) is 5.78 Å². The third-order valence-electron chi connectivity index (χ3n) is 3.49. The molecule has 1 atom stereocenters. The van der Waals surface area contributed by atoms with Crippen LogP contribution in [-0.4, -0.2) is 12.4 Å². The predicted octanol–water partition coefficient (Wildman–Crippen LogP) is 4.65. The molecule has 0 spiro atoms. The highest BCUT2D eigenvalue weighted by Crippen LogP contribution is 2.29. The van der Waals surface area contributed by atoms with Crippen LogP contribution in [0.3, 0.4) is 0 Å². The average molecular weight is 262 g/mol. The molecular weight excluding hydrogens is 236 g/mol. The maximum Gasteiger partial charge on any atom is 0.129 e. The molecule has 2 nitrogen and oxygen atoms in total. The lowest BCUT2D eigenvalue weighted by molar-refractivity contribution is -0.117. The summed E-state index contributed by atoms with van der Waals surface area (Å²) in [4.78, 5) is 11.1. The molecule has 1 rings (SSSR count). The number of carbonyl (C=O) groups excluding carboxylic acids is 1. The highest BCUT2D eigenvalue weighted by Gasteiger charge is 2.13. The maximum atomic E-state index is 11.1. The van der Waals surface area contributed by atoms with E-state index in [9.17, 15) is 4.79 Å². The van der Waals surface area contributed by atoms with E-state index in [1.165, 1.54) is 11.1 Å². The second-order valence-electron chi connectivity index (χ2n) is 5.21. The summed E-state index contributed by atoms with van der Waals surface area (Å²) in [6.45, 7) is 8.86. The Morgan fingerprint density at radius 1 is 1.32 bits per heavy atom. The Kier molecular flexibility index (Phi) is 6.61. The van der Waals surface area contributed by atoms with Crippen LogP contribution in [0.1, 0.15) is 63.5 Å². The maximum absolute atomic E-state index is 11.1. The van der Waals surface area contributed by atoms with Crippen molar-refractivity contribution in [3.8, 4) is 5.75 Å². The van der Waals surface area contributed by atoms with Crippen molar-refractivity contribution in [2.45, 2.75) is 59.3 Å². The van der Waals surface area contributed by atoms with Crippen molar-refractivity contribution in [3.63, 3.8) is 0 Å². The zero-order chi connectivity index (χ0) is 14.3. The first-order valence-corrected chi connectivity index (χ1v) is 7.31. The van der Waals surface area contributed by atoms with Crippen LogP contribution in [0.25, 0.3) is 0 Å². The summed E-state index contributed by atoms with van der Waals surface area (Å²) in [5, 5.41) is 0. The van der Waals surface area contributed by atoms with Crippen LogP contribution in [0.4, 0.5) is 0 Å². The number of aryl methyl sites for hydroxylation is 1. The third-order valence-corrected chi connectivity index (χ3v) is 3.49. The molecular formula is C17H26O2. The van der Waals surface area contributed by atoms with Crippen LogP contribution < -0.4 is 4.74 Å². The molecule has 0 radical (unpaired) electrons. The Morgan fingerprint density at radius 2 is 2.05 bits per heavy atom. The van der Waals surface area contributed by atoms with E-state index in [1.54, 1.807) is 6.92 Å². The van der Waals surface area contributed by atoms with Gasteiger partial charge in [0.05, 0.1) is 6.61 Å². The van der Waals surface area contributed by atoms with E-state index in [0.717, 1.165) is 31.6 Å². The number of ether oxygens (including phenoxy) is 1. The van der Waals surface area contributed by atoms with Gasteiger partial charge in [-0.25, -0.2) is 0 Å². The van der Waals surface area contributed by atoms with E-state index in [4.69, 9.17) is 4.74 Å². The Bertz CT molecular complexity index is 410. The summed E-state index contributed by atoms with van der Waals surface area (Å²) in [7, 11) is 0. The monoisotopic (exact) mass is 262 g/mol. The minimum absolute atomic E-state index is 0.277. The van der Waals surface area contributed by atoms with Crippen molar-refractivity contribution in [2.24, 2.45) is 0 Å². The summed E-state index contributed by atoms with van der Waals surface area (Å²) in [5.74, 6) is 1.70. The van der Waals surface area contributed by atoms with Crippen molar-refractivity contribution >= 4 is 5.78 Å². The molecule has 19 heavy (non-hydrogen) atoms. The number of Topliss-reactive ketones (excluding diaryl/α,β-unsaturated/α-hetero) is 1. The molecule has 0 aliphatic heterocycles. The van der Waals surface area contributed by atoms with Crippen LogP contribution in [0.15, 0.2) is 18.2 Å². The molecule has 0 saturated heterocycles. The second kappa shape index (κ2) is 7.98. The number of hydrogen-bond donors (Lipinski definition) is 0. The lowest BCUT2D eigenvalue weighted by atomic mass is 9.88. The molecule has 2 heteroatoms. The van der Waals surface area contributed by atoms with Gasteiger partial charge in [-0.1, -0.05) is 19.9 Å². The molecule has 106 valence electrons. The van der Waals surface area contributed by atoms with Crippen molar-refractivity contribution in [1.29, 1.82) is 0 Å². The van der Waals surface area contributed by atoms with Gasteiger partial charge in [0.2, 0.25) is 0 Å². The molecule has 1 aromatic rings. The van der Waals surface area contributed by atoms with Gasteiger partial charge < -0.3 is 9.53 Å². The largest absolute Gasteiger partial charge is 0.494 e. The van der Waals surface area contributed by atoms with Crippen LogP contribution in [-0.2, 0) is 4.79 Å². The number of hydrogen-bond acceptors (Lipinski definition) is 2. The lowest BCUT2D eigenvalue weighted by Crippen LogP contribution is -2.04. The minimum atomic E-state index is 0.277. The summed E-state index contributed by atoms with van der Waals surface area (Å²) < 4.78 is 5.65. The standard InChI is InChI=1S/C17H26O2/c1-5-11-19-16-9-10-17(13(3)12-16)15(6-2)8-7-14(4)18/h9-10,12,15H,5-8,11H2,1-4H3. The van der Waals surface area contributed by atoms with E-state index < -0.39 is 0 Å². The number of carbonyl (C=O) groups is 1. The van der Waals surface area contributed by atoms with Gasteiger partial charge in [-0.3, -0.25) is 0 Å². The minimum Gasteiger partial charge on any atom is -0.494 e. The first kappa shape index (κ1) is 15.7. The molecule has 1 aromatic carbocycles. The Morgan fingerprint density at radius 3 is 2.58 bits per heavy atom. The normalized spacial score (nSPS) is 12.2. The van der Waals surface area contributed by atoms with Crippen LogP contribution in [0.5, 0.6) is 5.75 Å². The quantitative estimate of drug-likeness (QED) is 0.682. The molecule has 1 unspecified atom stereocenters. The van der Waals surface area contributed by atoms with Gasteiger partial charge in [0, 0.05) is 6.42 Å². The third kappa shape index (κ3) is 5.06. The molecule has 0 saturated carbocycles. The van der Waals surface area contributed by atoms with Gasteiger partial charge in [0.15, 0.2) is 0 Å². The Hall–Kier alpha value is -1.31. The van der Waals surface area contributed by atoms with Gasteiger partial charge in [-0.2, -0.15) is 0 Å². The first-order valence-electron chi connectivity index (χ1n) is 7.31. The average Bonchev–Trinajstić information content (AvgIpc) is 2.38. The summed E-state index contributed by atoms with van der Waals surface area (Å²) in [6.07, 6.45) is 3.72. The van der Waals surface area contributed by atoms with E-state index >= 15 is 0 Å². The Labute approximate surface area is 117 Å². The highest BCUT2D eigenvalue weighted by molar-refractivity contribution is 5.75. The fraction of sp³-hybridized carbons (Fsp3) is 0.588. The molecule has 0 aliphatic carbocycles. The second-order valence-corrected chi connectivity index (χ2v) is 5.21. The predicted molar refractivity (Wildman–Crippen MR) is 79.9 cm³/mol. The number of benzene rings is 1. The van der Waals surface area contributed by atoms with E-state index in [2.05, 4.69) is 39.0 Å². The van der Waals surface area contributed by atoms with Crippen LogP contribution >= 0.6 is 0 Å². The van der Waals surface area contributed by atoms with Crippen molar-refractivity contribution in [2.75, 3.05) is 6.61 Å². The SMILES string of the molecule is CCCOc1ccc(C(CC)CCC(C)=O)c(C)c1. The molecule has 0 aromatic heterocycles. The van der Waals surface area contributed by atoms with Crippen LogP contribution in [0, 0.1) is 6.92 Å². The van der Waals surface area contributed by atoms with Gasteiger partial charge >= 0.3 is 0 Å². The molecule has 0 heterocycles. The molecule has 0 bridgehead atoms. The van der Waals surface area contributed by atoms with Crippen molar-refractivity contribution < 1.29 is 9.53 Å². The zero-order valence-corrected chi connectivity index (χ0v) is 12.7. The first-order chi connectivity index (χ1) is 9.08. The number of rotatable bonds is 8. The van der Waals surface area contributed by atoms with Crippen LogP contribution in [0.2, 0.25) is 0 Å². The van der Waals surface area contributed by atoms with E-state index in [0.29, 0.717) is 12.3 Å². The van der Waals surface area contributed by atoms with E-state index in [1.807, 2.05) is 0 Å². The topological polar surface area (TPSA) is 26.3 Å². The highest BCUT2D eigenvalue weighted by atomic mass is 16.5. The van der Waals surface area contributed by atoms with Crippen molar-refractivity contribution in [3.05, 3.63) is 29.3 Å². The molecule has 0 fully saturated rings. The summed E-state index contributed by atoms with van der Waals surface area (Å²) in [6, 6.07) is 6.32. The fourth-order valence-corrected chi connectivity index (χ4v) is 2.37. The van der Waals surface area contributed by atoms with Crippen molar-refractivity contribution in [1.82, 2.24) is 0 Å².